The van der Waals surface area contributed by atoms with Crippen LogP contribution >= 0.6 is 23.2 Å². The minimum absolute atomic E-state index is 0.0521. The number of rotatable bonds is 7. The number of nitrogens with zero attached hydrogens (tertiary/aromatic N) is 2. The molecule has 1 saturated heterocycles. The maximum Gasteiger partial charge on any atom is 0.246 e. The fourth-order valence-electron chi connectivity index (χ4n) is 3.41. The Bertz CT molecular complexity index is 972. The number of β-amino-alcohol motifs (C(OH)–C–C–N with tert-alkyl or cyclic N) is 1. The van der Waals surface area contributed by atoms with Crippen molar-refractivity contribution in [2.45, 2.75) is 24.8 Å². The van der Waals surface area contributed by atoms with E-state index in [0.29, 0.717) is 32.7 Å². The number of aliphatic hydroxyl groups is 1. The molecule has 1 aliphatic heterocycles. The van der Waals surface area contributed by atoms with Gasteiger partial charge in [0.2, 0.25) is 10.0 Å². The minimum Gasteiger partial charge on any atom is -0.491 e. The first kappa shape index (κ1) is 23.3. The molecule has 2 aromatic rings. The molecule has 1 fully saturated rings. The Morgan fingerprint density at radius 3 is 2.33 bits per heavy atom. The standard InChI is InChI=1S/C21H26Cl2N2O4S/c1-15-6-7-16(2)20(12-15)29-14-17(26)13-24-8-10-25(11-9-24)30(27,28)21-18(22)4-3-5-19(21)23/h3-7,12,17,26H,8-11,13-14H2,1-2H3. The van der Waals surface area contributed by atoms with Gasteiger partial charge in [0.25, 0.3) is 0 Å². The molecular formula is C21H26Cl2N2O4S. The number of benzene rings is 2. The number of sulfonamides is 1. The lowest BCUT2D eigenvalue weighted by molar-refractivity contribution is 0.0567. The predicted octanol–water partition coefficient (Wildman–Crippen LogP) is 3.36. The van der Waals surface area contributed by atoms with E-state index in [2.05, 4.69) is 0 Å². The van der Waals surface area contributed by atoms with Crippen LogP contribution in [0.4, 0.5) is 0 Å². The summed E-state index contributed by atoms with van der Waals surface area (Å²) >= 11 is 12.2. The van der Waals surface area contributed by atoms with E-state index in [4.69, 9.17) is 27.9 Å². The maximum atomic E-state index is 12.9. The van der Waals surface area contributed by atoms with E-state index < -0.39 is 16.1 Å². The van der Waals surface area contributed by atoms with Crippen molar-refractivity contribution in [3.8, 4) is 5.75 Å². The Labute approximate surface area is 188 Å². The third-order valence-electron chi connectivity index (χ3n) is 5.09. The van der Waals surface area contributed by atoms with E-state index in [0.717, 1.165) is 16.9 Å². The van der Waals surface area contributed by atoms with Gasteiger partial charge in [-0.15, -0.1) is 0 Å². The molecule has 0 bridgehead atoms. The molecule has 1 N–H and O–H groups in total. The second-order valence-corrected chi connectivity index (χ2v) is 10.2. The molecule has 0 aliphatic carbocycles. The van der Waals surface area contributed by atoms with Gasteiger partial charge < -0.3 is 9.84 Å². The van der Waals surface area contributed by atoms with Crippen LogP contribution in [-0.2, 0) is 10.0 Å². The van der Waals surface area contributed by atoms with E-state index >= 15 is 0 Å². The zero-order valence-electron chi connectivity index (χ0n) is 17.0. The Hall–Kier alpha value is -1.35. The highest BCUT2D eigenvalue weighted by atomic mass is 35.5. The summed E-state index contributed by atoms with van der Waals surface area (Å²) in [5.41, 5.74) is 2.12. The molecule has 1 unspecified atom stereocenters. The molecular weight excluding hydrogens is 447 g/mol. The summed E-state index contributed by atoms with van der Waals surface area (Å²) in [6, 6.07) is 10.6. The summed E-state index contributed by atoms with van der Waals surface area (Å²) in [4.78, 5) is 1.97. The molecule has 0 aromatic heterocycles. The zero-order chi connectivity index (χ0) is 21.9. The highest BCUT2D eigenvalue weighted by molar-refractivity contribution is 7.89. The van der Waals surface area contributed by atoms with Crippen molar-refractivity contribution in [3.63, 3.8) is 0 Å². The highest BCUT2D eigenvalue weighted by Crippen LogP contribution is 2.31. The van der Waals surface area contributed by atoms with Crippen LogP contribution in [0.2, 0.25) is 10.0 Å². The van der Waals surface area contributed by atoms with Gasteiger partial charge in [-0.1, -0.05) is 41.4 Å². The van der Waals surface area contributed by atoms with E-state index in [1.165, 1.54) is 16.4 Å². The maximum absolute atomic E-state index is 12.9. The quantitative estimate of drug-likeness (QED) is 0.668. The van der Waals surface area contributed by atoms with Crippen LogP contribution < -0.4 is 4.74 Å². The second kappa shape index (κ2) is 9.85. The van der Waals surface area contributed by atoms with E-state index in [1.807, 2.05) is 36.9 Å². The molecule has 30 heavy (non-hydrogen) atoms. The zero-order valence-corrected chi connectivity index (χ0v) is 19.3. The summed E-state index contributed by atoms with van der Waals surface area (Å²) in [5, 5.41) is 10.6. The van der Waals surface area contributed by atoms with Crippen molar-refractivity contribution in [2.24, 2.45) is 0 Å². The number of ether oxygens (including phenoxy) is 1. The summed E-state index contributed by atoms with van der Waals surface area (Å²) in [5.74, 6) is 0.765. The van der Waals surface area contributed by atoms with Crippen LogP contribution in [0.1, 0.15) is 11.1 Å². The first-order chi connectivity index (χ1) is 14.2. The van der Waals surface area contributed by atoms with Crippen molar-refractivity contribution >= 4 is 33.2 Å². The molecule has 1 aliphatic rings. The second-order valence-electron chi connectivity index (χ2n) is 7.49. The lowest BCUT2D eigenvalue weighted by Gasteiger charge is -2.35. The predicted molar refractivity (Wildman–Crippen MR) is 119 cm³/mol. The van der Waals surface area contributed by atoms with E-state index in [1.54, 1.807) is 6.07 Å². The van der Waals surface area contributed by atoms with Crippen LogP contribution in [0.5, 0.6) is 5.75 Å². The van der Waals surface area contributed by atoms with Gasteiger partial charge in [0, 0.05) is 32.7 Å². The monoisotopic (exact) mass is 472 g/mol. The molecule has 0 radical (unpaired) electrons. The lowest BCUT2D eigenvalue weighted by atomic mass is 10.1. The van der Waals surface area contributed by atoms with Gasteiger partial charge in [0.05, 0.1) is 10.0 Å². The minimum atomic E-state index is -3.77. The van der Waals surface area contributed by atoms with Gasteiger partial charge in [-0.2, -0.15) is 4.31 Å². The molecule has 3 rings (SSSR count). The topological polar surface area (TPSA) is 70.1 Å². The Kier molecular flexibility index (Phi) is 7.66. The Balaban J connectivity index is 1.53. The smallest absolute Gasteiger partial charge is 0.246 e. The van der Waals surface area contributed by atoms with Crippen molar-refractivity contribution in [1.82, 2.24) is 9.21 Å². The molecule has 1 heterocycles. The first-order valence-electron chi connectivity index (χ1n) is 9.73. The van der Waals surface area contributed by atoms with Crippen LogP contribution in [0, 0.1) is 13.8 Å². The number of hydrogen-bond donors (Lipinski definition) is 1. The molecule has 1 atom stereocenters. The summed E-state index contributed by atoms with van der Waals surface area (Å²) in [6.45, 7) is 6.15. The molecule has 0 amide bonds. The third kappa shape index (κ3) is 5.46. The van der Waals surface area contributed by atoms with Crippen molar-refractivity contribution in [3.05, 3.63) is 57.6 Å². The summed E-state index contributed by atoms with van der Waals surface area (Å²) in [6.07, 6.45) is -0.675. The number of aryl methyl sites for hydroxylation is 2. The highest BCUT2D eigenvalue weighted by Gasteiger charge is 2.32. The number of aliphatic hydroxyl groups excluding tert-OH is 1. The van der Waals surface area contributed by atoms with Crippen molar-refractivity contribution in [2.75, 3.05) is 39.3 Å². The molecule has 2 aromatic carbocycles. The van der Waals surface area contributed by atoms with Crippen LogP contribution in [0.25, 0.3) is 0 Å². The van der Waals surface area contributed by atoms with Crippen LogP contribution in [0.15, 0.2) is 41.3 Å². The van der Waals surface area contributed by atoms with Gasteiger partial charge in [0.15, 0.2) is 0 Å². The third-order valence-corrected chi connectivity index (χ3v) is 7.95. The van der Waals surface area contributed by atoms with E-state index in [9.17, 15) is 13.5 Å². The Morgan fingerprint density at radius 2 is 1.70 bits per heavy atom. The first-order valence-corrected chi connectivity index (χ1v) is 11.9. The fraction of sp³-hybridized carbons (Fsp3) is 0.429. The average Bonchev–Trinajstić information content (AvgIpc) is 2.69. The van der Waals surface area contributed by atoms with Crippen molar-refractivity contribution in [1.29, 1.82) is 0 Å². The van der Waals surface area contributed by atoms with Gasteiger partial charge in [-0.05, 0) is 43.2 Å². The number of hydrogen-bond acceptors (Lipinski definition) is 5. The SMILES string of the molecule is Cc1ccc(C)c(OCC(O)CN2CCN(S(=O)(=O)c3c(Cl)cccc3Cl)CC2)c1. The lowest BCUT2D eigenvalue weighted by Crippen LogP contribution is -2.50. The van der Waals surface area contributed by atoms with Crippen molar-refractivity contribution < 1.29 is 18.3 Å². The molecule has 9 heteroatoms. The molecule has 0 saturated carbocycles. The molecule has 0 spiro atoms. The normalized spacial score (nSPS) is 17.1. The Morgan fingerprint density at radius 1 is 1.07 bits per heavy atom. The number of halogens is 2. The van der Waals surface area contributed by atoms with Gasteiger partial charge in [-0.3, -0.25) is 4.90 Å². The average molecular weight is 473 g/mol. The number of piperazine rings is 1. The van der Waals surface area contributed by atoms with E-state index in [-0.39, 0.29) is 21.5 Å². The van der Waals surface area contributed by atoms with Gasteiger partial charge >= 0.3 is 0 Å². The fourth-order valence-corrected chi connectivity index (χ4v) is 5.92. The largest absolute Gasteiger partial charge is 0.491 e. The van der Waals surface area contributed by atoms with Gasteiger partial charge in [-0.25, -0.2) is 8.42 Å². The molecule has 164 valence electrons. The summed E-state index contributed by atoms with van der Waals surface area (Å²) < 4.78 is 33.0. The van der Waals surface area contributed by atoms with Gasteiger partial charge in [0.1, 0.15) is 23.4 Å². The summed E-state index contributed by atoms with van der Waals surface area (Å²) in [7, 11) is -3.77. The van der Waals surface area contributed by atoms with Crippen LogP contribution in [0.3, 0.4) is 0 Å². The molecule has 6 nitrogen and oxygen atoms in total. The van der Waals surface area contributed by atoms with Crippen LogP contribution in [-0.4, -0.2) is 68.2 Å².